The summed E-state index contributed by atoms with van der Waals surface area (Å²) in [6.45, 7) is 2.26. The highest BCUT2D eigenvalue weighted by Gasteiger charge is 2.20. The largest absolute Gasteiger partial charge is 0.481 e. The van der Waals surface area contributed by atoms with Crippen LogP contribution in [0.4, 0.5) is 0 Å². The van der Waals surface area contributed by atoms with Gasteiger partial charge in [0.25, 0.3) is 5.91 Å². The molecule has 1 aromatic rings. The Kier molecular flexibility index (Phi) is 5.41. The Labute approximate surface area is 120 Å². The number of amides is 1. The van der Waals surface area contributed by atoms with E-state index in [1.807, 2.05) is 24.3 Å². The highest BCUT2D eigenvalue weighted by atomic mass is 16.5. The van der Waals surface area contributed by atoms with Crippen LogP contribution in [0, 0.1) is 0 Å². The molecule has 20 heavy (non-hydrogen) atoms. The molecule has 0 bridgehead atoms. The summed E-state index contributed by atoms with van der Waals surface area (Å²) in [6, 6.07) is 7.88. The van der Waals surface area contributed by atoms with Crippen molar-refractivity contribution < 1.29 is 9.53 Å². The Balaban J connectivity index is 1.86. The highest BCUT2D eigenvalue weighted by molar-refractivity contribution is 5.81. The fraction of sp³-hybridized carbons (Fsp3) is 0.562. The number of nitrogens with two attached hydrogens (primary N) is 1. The maximum Gasteiger partial charge on any atom is 0.260 e. The third-order valence-electron chi connectivity index (χ3n) is 3.77. The number of hydrogen-bond donors (Lipinski definition) is 2. The predicted octanol–water partition coefficient (Wildman–Crippen LogP) is 2.36. The first-order valence-electron chi connectivity index (χ1n) is 7.45. The summed E-state index contributed by atoms with van der Waals surface area (Å²) < 4.78 is 5.69. The first kappa shape index (κ1) is 14.9. The Hall–Kier alpha value is -1.55. The van der Waals surface area contributed by atoms with Crippen LogP contribution in [0.2, 0.25) is 0 Å². The van der Waals surface area contributed by atoms with Gasteiger partial charge in [-0.15, -0.1) is 0 Å². The first-order chi connectivity index (χ1) is 9.69. The Morgan fingerprint density at radius 1 is 1.40 bits per heavy atom. The topological polar surface area (TPSA) is 64.3 Å². The van der Waals surface area contributed by atoms with E-state index >= 15 is 0 Å². The molecule has 110 valence electrons. The van der Waals surface area contributed by atoms with E-state index < -0.39 is 6.10 Å². The summed E-state index contributed by atoms with van der Waals surface area (Å²) in [5.41, 5.74) is 6.60. The standard InChI is InChI=1S/C16H24N2O2/c1-12(16(19)18-14-7-3-2-4-8-14)20-15-9-5-6-13(10-15)11-17/h5-6,9-10,12,14H,2-4,7-8,11,17H2,1H3,(H,18,19). The van der Waals surface area contributed by atoms with Gasteiger partial charge in [-0.05, 0) is 37.5 Å². The lowest BCUT2D eigenvalue weighted by Gasteiger charge is -2.24. The molecule has 1 atom stereocenters. The molecular formula is C16H24N2O2. The molecule has 0 heterocycles. The highest BCUT2D eigenvalue weighted by Crippen LogP contribution is 2.18. The average molecular weight is 276 g/mol. The molecule has 1 unspecified atom stereocenters. The van der Waals surface area contributed by atoms with Crippen molar-refractivity contribution in [1.29, 1.82) is 0 Å². The van der Waals surface area contributed by atoms with Crippen molar-refractivity contribution in [2.45, 2.75) is 57.7 Å². The normalized spacial score (nSPS) is 17.5. The molecule has 1 fully saturated rings. The van der Waals surface area contributed by atoms with Gasteiger partial charge in [0.05, 0.1) is 0 Å². The van der Waals surface area contributed by atoms with Crippen molar-refractivity contribution in [3.63, 3.8) is 0 Å². The Morgan fingerprint density at radius 3 is 2.85 bits per heavy atom. The van der Waals surface area contributed by atoms with Crippen LogP contribution >= 0.6 is 0 Å². The summed E-state index contributed by atoms with van der Waals surface area (Å²) in [7, 11) is 0. The zero-order chi connectivity index (χ0) is 14.4. The fourth-order valence-electron chi connectivity index (χ4n) is 2.57. The molecule has 0 aliphatic heterocycles. The van der Waals surface area contributed by atoms with Crippen LogP contribution in [-0.4, -0.2) is 18.1 Å². The summed E-state index contributed by atoms with van der Waals surface area (Å²) in [6.07, 6.45) is 5.38. The first-order valence-corrected chi connectivity index (χ1v) is 7.45. The molecule has 3 N–H and O–H groups in total. The van der Waals surface area contributed by atoms with Gasteiger partial charge in [-0.3, -0.25) is 4.79 Å². The minimum Gasteiger partial charge on any atom is -0.481 e. The maximum absolute atomic E-state index is 12.1. The summed E-state index contributed by atoms with van der Waals surface area (Å²) in [4.78, 5) is 12.1. The quantitative estimate of drug-likeness (QED) is 0.867. The number of carbonyl (C=O) groups excluding carboxylic acids is 1. The van der Waals surface area contributed by atoms with Crippen LogP contribution in [0.1, 0.15) is 44.6 Å². The summed E-state index contributed by atoms with van der Waals surface area (Å²) in [5, 5.41) is 3.08. The minimum absolute atomic E-state index is 0.0324. The molecule has 0 spiro atoms. The van der Waals surface area contributed by atoms with Crippen molar-refractivity contribution in [2.75, 3.05) is 0 Å². The van der Waals surface area contributed by atoms with Crippen LogP contribution < -0.4 is 15.8 Å². The zero-order valence-corrected chi connectivity index (χ0v) is 12.1. The molecule has 1 amide bonds. The molecule has 0 saturated heterocycles. The van der Waals surface area contributed by atoms with Crippen molar-refractivity contribution in [3.8, 4) is 5.75 Å². The number of carbonyl (C=O) groups is 1. The molecule has 0 radical (unpaired) electrons. The molecule has 4 heteroatoms. The van der Waals surface area contributed by atoms with E-state index in [0.717, 1.165) is 18.4 Å². The number of ether oxygens (including phenoxy) is 1. The van der Waals surface area contributed by atoms with Gasteiger partial charge in [0, 0.05) is 12.6 Å². The molecule has 1 aliphatic carbocycles. The summed E-state index contributed by atoms with van der Waals surface area (Å²) >= 11 is 0. The Bertz CT molecular complexity index is 442. The molecular weight excluding hydrogens is 252 g/mol. The predicted molar refractivity (Wildman–Crippen MR) is 79.4 cm³/mol. The second-order valence-electron chi connectivity index (χ2n) is 5.46. The van der Waals surface area contributed by atoms with Crippen LogP contribution in [0.5, 0.6) is 5.75 Å². The maximum atomic E-state index is 12.1. The van der Waals surface area contributed by atoms with Crippen LogP contribution in [0.25, 0.3) is 0 Å². The van der Waals surface area contributed by atoms with Gasteiger partial charge in [-0.2, -0.15) is 0 Å². The third kappa shape index (κ3) is 4.23. The zero-order valence-electron chi connectivity index (χ0n) is 12.1. The molecule has 1 saturated carbocycles. The van der Waals surface area contributed by atoms with Gasteiger partial charge in [-0.1, -0.05) is 31.4 Å². The number of rotatable bonds is 5. The molecule has 1 aromatic carbocycles. The lowest BCUT2D eigenvalue weighted by atomic mass is 9.95. The second-order valence-corrected chi connectivity index (χ2v) is 5.46. The monoisotopic (exact) mass is 276 g/mol. The molecule has 4 nitrogen and oxygen atoms in total. The van der Waals surface area contributed by atoms with E-state index in [9.17, 15) is 4.79 Å². The van der Waals surface area contributed by atoms with E-state index in [4.69, 9.17) is 10.5 Å². The molecule has 1 aliphatic rings. The fourth-order valence-corrected chi connectivity index (χ4v) is 2.57. The molecule has 0 aromatic heterocycles. The Morgan fingerprint density at radius 2 is 2.15 bits per heavy atom. The number of hydrogen-bond acceptors (Lipinski definition) is 3. The van der Waals surface area contributed by atoms with E-state index in [1.165, 1.54) is 19.3 Å². The average Bonchev–Trinajstić information content (AvgIpc) is 2.48. The minimum atomic E-state index is -0.482. The third-order valence-corrected chi connectivity index (χ3v) is 3.77. The number of nitrogens with one attached hydrogen (secondary N) is 1. The van der Waals surface area contributed by atoms with E-state index in [-0.39, 0.29) is 5.91 Å². The van der Waals surface area contributed by atoms with Gasteiger partial charge in [-0.25, -0.2) is 0 Å². The van der Waals surface area contributed by atoms with Crippen molar-refractivity contribution in [1.82, 2.24) is 5.32 Å². The second kappa shape index (κ2) is 7.29. The van der Waals surface area contributed by atoms with Gasteiger partial charge in [0.15, 0.2) is 6.10 Å². The summed E-state index contributed by atoms with van der Waals surface area (Å²) in [5.74, 6) is 0.661. The smallest absolute Gasteiger partial charge is 0.260 e. The van der Waals surface area contributed by atoms with Crippen molar-refractivity contribution >= 4 is 5.91 Å². The van der Waals surface area contributed by atoms with E-state index in [1.54, 1.807) is 6.92 Å². The van der Waals surface area contributed by atoms with Crippen LogP contribution in [-0.2, 0) is 11.3 Å². The lowest BCUT2D eigenvalue weighted by molar-refractivity contribution is -0.128. The lowest BCUT2D eigenvalue weighted by Crippen LogP contribution is -2.43. The van der Waals surface area contributed by atoms with Crippen molar-refractivity contribution in [2.24, 2.45) is 5.73 Å². The van der Waals surface area contributed by atoms with E-state index in [2.05, 4.69) is 5.32 Å². The van der Waals surface area contributed by atoms with Gasteiger partial charge in [0.1, 0.15) is 5.75 Å². The SMILES string of the molecule is CC(Oc1cccc(CN)c1)C(=O)NC1CCCCC1. The van der Waals surface area contributed by atoms with Crippen LogP contribution in [0.15, 0.2) is 24.3 Å². The van der Waals surface area contributed by atoms with Crippen LogP contribution in [0.3, 0.4) is 0 Å². The van der Waals surface area contributed by atoms with Crippen molar-refractivity contribution in [3.05, 3.63) is 29.8 Å². The number of benzene rings is 1. The van der Waals surface area contributed by atoms with Gasteiger partial charge in [0.2, 0.25) is 0 Å². The van der Waals surface area contributed by atoms with E-state index in [0.29, 0.717) is 18.3 Å². The van der Waals surface area contributed by atoms with Gasteiger partial charge < -0.3 is 15.8 Å². The molecule has 2 rings (SSSR count). The van der Waals surface area contributed by atoms with Gasteiger partial charge >= 0.3 is 0 Å².